The summed E-state index contributed by atoms with van der Waals surface area (Å²) in [4.78, 5) is 2.26. The summed E-state index contributed by atoms with van der Waals surface area (Å²) in [5, 5.41) is 8.65. The lowest BCUT2D eigenvalue weighted by molar-refractivity contribution is 0.692. The molecule has 3 heteroatoms. The van der Waals surface area contributed by atoms with Crippen molar-refractivity contribution in [3.63, 3.8) is 0 Å². The summed E-state index contributed by atoms with van der Waals surface area (Å²) in [5.74, 6) is 0. The van der Waals surface area contributed by atoms with Gasteiger partial charge in [0.05, 0.1) is 12.1 Å². The molecule has 0 saturated heterocycles. The highest BCUT2D eigenvalue weighted by Crippen LogP contribution is 2.19. The van der Waals surface area contributed by atoms with E-state index in [4.69, 9.17) is 11.0 Å². The smallest absolute Gasteiger partial charge is 0.0944 e. The molecule has 1 aromatic rings. The molecule has 1 rings (SSSR count). The van der Waals surface area contributed by atoms with E-state index in [2.05, 4.69) is 36.9 Å². The highest BCUT2D eigenvalue weighted by Gasteiger charge is 2.08. The fourth-order valence-electron chi connectivity index (χ4n) is 1.73. The van der Waals surface area contributed by atoms with E-state index in [0.29, 0.717) is 6.42 Å². The van der Waals surface area contributed by atoms with Crippen molar-refractivity contribution in [1.29, 1.82) is 5.26 Å². The first kappa shape index (κ1) is 12.5. The maximum absolute atomic E-state index is 8.65. The molecule has 0 aromatic heterocycles. The monoisotopic (exact) mass is 217 g/mol. The van der Waals surface area contributed by atoms with E-state index < -0.39 is 0 Å². The number of anilines is 1. The quantitative estimate of drug-likeness (QED) is 0.821. The summed E-state index contributed by atoms with van der Waals surface area (Å²) in [6.07, 6.45) is 0.707. The van der Waals surface area contributed by atoms with E-state index in [1.807, 2.05) is 12.1 Å². The van der Waals surface area contributed by atoms with Crippen molar-refractivity contribution in [3.05, 3.63) is 29.8 Å². The lowest BCUT2D eigenvalue weighted by atomic mass is 10.1. The lowest BCUT2D eigenvalue weighted by Gasteiger charge is -2.25. The first-order chi connectivity index (χ1) is 7.69. The number of para-hydroxylation sites is 1. The van der Waals surface area contributed by atoms with Gasteiger partial charge in [0, 0.05) is 18.8 Å². The maximum atomic E-state index is 8.65. The van der Waals surface area contributed by atoms with E-state index >= 15 is 0 Å². The van der Waals surface area contributed by atoms with Gasteiger partial charge >= 0.3 is 0 Å². The average molecular weight is 217 g/mol. The number of nitrogens with two attached hydrogens (primary N) is 1. The van der Waals surface area contributed by atoms with Crippen LogP contribution in [0.1, 0.15) is 18.9 Å². The number of nitrogens with zero attached hydrogens (tertiary/aromatic N) is 2. The summed E-state index contributed by atoms with van der Waals surface area (Å²) >= 11 is 0. The van der Waals surface area contributed by atoms with Crippen LogP contribution in [0.4, 0.5) is 5.69 Å². The third kappa shape index (κ3) is 3.25. The van der Waals surface area contributed by atoms with Crippen LogP contribution in [0.3, 0.4) is 0 Å². The van der Waals surface area contributed by atoms with E-state index in [9.17, 15) is 0 Å². The molecule has 3 nitrogen and oxygen atoms in total. The Morgan fingerprint density at radius 2 is 2.12 bits per heavy atom. The average Bonchev–Trinajstić information content (AvgIpc) is 2.31. The molecule has 0 aliphatic heterocycles. The number of hydrogen-bond donors (Lipinski definition) is 1. The highest BCUT2D eigenvalue weighted by atomic mass is 15.1. The summed E-state index contributed by atoms with van der Waals surface area (Å²) < 4.78 is 0. The molecular weight excluding hydrogens is 198 g/mol. The Balaban J connectivity index is 2.69. The second kappa shape index (κ2) is 6.14. The number of benzene rings is 1. The van der Waals surface area contributed by atoms with Crippen LogP contribution < -0.4 is 10.6 Å². The van der Waals surface area contributed by atoms with Crippen LogP contribution in [0.5, 0.6) is 0 Å². The lowest BCUT2D eigenvalue weighted by Crippen LogP contribution is -2.30. The molecule has 0 fully saturated rings. The standard InChI is InChI=1S/C13H19N3/c1-3-16(9-8-12(15)10-14)13-7-5-4-6-11(13)2/h4-7,12H,3,8-9,15H2,1-2H3. The minimum Gasteiger partial charge on any atom is -0.372 e. The Bertz CT molecular complexity index is 368. The van der Waals surface area contributed by atoms with Gasteiger partial charge in [0.25, 0.3) is 0 Å². The zero-order valence-electron chi connectivity index (χ0n) is 9.98. The predicted octanol–water partition coefficient (Wildman–Crippen LogP) is 2.06. The molecule has 2 N–H and O–H groups in total. The highest BCUT2D eigenvalue weighted by molar-refractivity contribution is 5.52. The SMILES string of the molecule is CCN(CCC(N)C#N)c1ccccc1C. The summed E-state index contributed by atoms with van der Waals surface area (Å²) in [5.41, 5.74) is 8.10. The van der Waals surface area contributed by atoms with Crippen molar-refractivity contribution in [1.82, 2.24) is 0 Å². The van der Waals surface area contributed by atoms with Gasteiger partial charge in [-0.1, -0.05) is 18.2 Å². The molecule has 0 aliphatic carbocycles. The van der Waals surface area contributed by atoms with Gasteiger partial charge in [0.1, 0.15) is 0 Å². The van der Waals surface area contributed by atoms with Gasteiger partial charge < -0.3 is 10.6 Å². The van der Waals surface area contributed by atoms with E-state index in [1.54, 1.807) is 0 Å². The summed E-state index contributed by atoms with van der Waals surface area (Å²) in [6.45, 7) is 5.98. The normalized spacial score (nSPS) is 11.9. The van der Waals surface area contributed by atoms with Gasteiger partial charge in [-0.3, -0.25) is 0 Å². The van der Waals surface area contributed by atoms with Crippen molar-refractivity contribution >= 4 is 5.69 Å². The zero-order valence-corrected chi connectivity index (χ0v) is 9.98. The molecule has 0 aliphatic rings. The third-order valence-electron chi connectivity index (χ3n) is 2.71. The molecule has 86 valence electrons. The molecule has 16 heavy (non-hydrogen) atoms. The van der Waals surface area contributed by atoms with Crippen LogP contribution >= 0.6 is 0 Å². The molecule has 0 bridgehead atoms. The zero-order chi connectivity index (χ0) is 12.0. The molecule has 0 heterocycles. The molecule has 0 amide bonds. The summed E-state index contributed by atoms with van der Waals surface area (Å²) in [7, 11) is 0. The largest absolute Gasteiger partial charge is 0.372 e. The molecule has 0 radical (unpaired) electrons. The molecule has 1 unspecified atom stereocenters. The van der Waals surface area contributed by atoms with Crippen LogP contribution in [-0.2, 0) is 0 Å². The van der Waals surface area contributed by atoms with Crippen molar-refractivity contribution in [3.8, 4) is 6.07 Å². The topological polar surface area (TPSA) is 53.0 Å². The minimum atomic E-state index is -0.363. The molecular formula is C13H19N3. The van der Waals surface area contributed by atoms with Crippen LogP contribution in [0.2, 0.25) is 0 Å². The fraction of sp³-hybridized carbons (Fsp3) is 0.462. The van der Waals surface area contributed by atoms with Crippen LogP contribution in [0.25, 0.3) is 0 Å². The van der Waals surface area contributed by atoms with Crippen molar-refractivity contribution in [2.24, 2.45) is 5.73 Å². The molecule has 1 aromatic carbocycles. The predicted molar refractivity (Wildman–Crippen MR) is 67.3 cm³/mol. The number of aryl methyl sites for hydroxylation is 1. The molecule has 0 saturated carbocycles. The van der Waals surface area contributed by atoms with Crippen LogP contribution in [-0.4, -0.2) is 19.1 Å². The van der Waals surface area contributed by atoms with Gasteiger partial charge in [0.2, 0.25) is 0 Å². The van der Waals surface area contributed by atoms with Gasteiger partial charge in [-0.25, -0.2) is 0 Å². The van der Waals surface area contributed by atoms with E-state index in [1.165, 1.54) is 11.3 Å². The molecule has 1 atom stereocenters. The maximum Gasteiger partial charge on any atom is 0.0944 e. The first-order valence-electron chi connectivity index (χ1n) is 5.64. The van der Waals surface area contributed by atoms with Crippen molar-refractivity contribution in [2.75, 3.05) is 18.0 Å². The Kier molecular flexibility index (Phi) is 4.81. The fourth-order valence-corrected chi connectivity index (χ4v) is 1.73. The van der Waals surface area contributed by atoms with E-state index in [-0.39, 0.29) is 6.04 Å². The van der Waals surface area contributed by atoms with Gasteiger partial charge in [-0.05, 0) is 31.9 Å². The minimum absolute atomic E-state index is 0.363. The Labute approximate surface area is 97.5 Å². The van der Waals surface area contributed by atoms with Crippen molar-refractivity contribution < 1.29 is 0 Å². The van der Waals surface area contributed by atoms with Gasteiger partial charge in [0.15, 0.2) is 0 Å². The van der Waals surface area contributed by atoms with Crippen LogP contribution in [0, 0.1) is 18.3 Å². The Hall–Kier alpha value is -1.53. The van der Waals surface area contributed by atoms with Gasteiger partial charge in [-0.15, -0.1) is 0 Å². The first-order valence-corrected chi connectivity index (χ1v) is 5.64. The number of rotatable bonds is 5. The second-order valence-electron chi connectivity index (χ2n) is 3.89. The summed E-state index contributed by atoms with van der Waals surface area (Å²) in [6, 6.07) is 9.98. The number of nitriles is 1. The van der Waals surface area contributed by atoms with Crippen molar-refractivity contribution in [2.45, 2.75) is 26.3 Å². The Morgan fingerprint density at radius 1 is 1.44 bits per heavy atom. The Morgan fingerprint density at radius 3 is 2.69 bits per heavy atom. The third-order valence-corrected chi connectivity index (χ3v) is 2.71. The second-order valence-corrected chi connectivity index (χ2v) is 3.89. The van der Waals surface area contributed by atoms with E-state index in [0.717, 1.165) is 13.1 Å². The molecule has 0 spiro atoms. The number of hydrogen-bond acceptors (Lipinski definition) is 3. The van der Waals surface area contributed by atoms with Gasteiger partial charge in [-0.2, -0.15) is 5.26 Å². The van der Waals surface area contributed by atoms with Crippen LogP contribution in [0.15, 0.2) is 24.3 Å².